The second-order valence-electron chi connectivity index (χ2n) is 3.63. The van der Waals surface area contributed by atoms with Crippen LogP contribution in [0.25, 0.3) is 5.57 Å². The molecule has 2 nitrogen and oxygen atoms in total. The van der Waals surface area contributed by atoms with E-state index in [-0.39, 0.29) is 6.42 Å². The molecule has 0 aliphatic heterocycles. The Hall–Kier alpha value is -1.09. The number of fused-ring (bicyclic) bond motifs is 1. The molecule has 0 aromatic heterocycles. The van der Waals surface area contributed by atoms with E-state index < -0.39 is 5.97 Å². The maximum Gasteiger partial charge on any atom is 0.303 e. The standard InChI is InChI=1S/C12H11BrO2/c13-10-4-5-11-8(3-6-12(14)15)1-2-9(11)7-10/h1,4-5,7H,2-3,6H2,(H,14,15). The number of carboxylic acid groups (broad SMARTS) is 1. The Bertz CT molecular complexity index is 435. The molecule has 1 aromatic carbocycles. The fraction of sp³-hybridized carbons (Fsp3) is 0.250. The molecule has 0 atom stereocenters. The zero-order chi connectivity index (χ0) is 10.8. The second kappa shape index (κ2) is 4.19. The lowest BCUT2D eigenvalue weighted by Crippen LogP contribution is -1.94. The molecule has 0 radical (unpaired) electrons. The molecular formula is C12H11BrO2. The van der Waals surface area contributed by atoms with E-state index in [1.807, 2.05) is 6.07 Å². The van der Waals surface area contributed by atoms with Gasteiger partial charge in [-0.25, -0.2) is 0 Å². The molecular weight excluding hydrogens is 256 g/mol. The maximum absolute atomic E-state index is 10.5. The summed E-state index contributed by atoms with van der Waals surface area (Å²) in [4.78, 5) is 10.5. The molecule has 0 heterocycles. The molecule has 0 saturated carbocycles. The Morgan fingerprint density at radius 2 is 2.27 bits per heavy atom. The van der Waals surface area contributed by atoms with Crippen LogP contribution in [0.4, 0.5) is 0 Å². The lowest BCUT2D eigenvalue weighted by molar-refractivity contribution is -0.136. The summed E-state index contributed by atoms with van der Waals surface area (Å²) < 4.78 is 1.08. The van der Waals surface area contributed by atoms with Crippen LogP contribution in [0.15, 0.2) is 28.7 Å². The smallest absolute Gasteiger partial charge is 0.303 e. The molecule has 1 N–H and O–H groups in total. The number of benzene rings is 1. The van der Waals surface area contributed by atoms with E-state index in [2.05, 4.69) is 34.1 Å². The molecule has 15 heavy (non-hydrogen) atoms. The van der Waals surface area contributed by atoms with Crippen LogP contribution < -0.4 is 0 Å². The number of halogens is 1. The predicted molar refractivity (Wildman–Crippen MR) is 62.7 cm³/mol. The van der Waals surface area contributed by atoms with Gasteiger partial charge >= 0.3 is 5.97 Å². The zero-order valence-corrected chi connectivity index (χ0v) is 9.75. The van der Waals surface area contributed by atoms with Gasteiger partial charge in [-0.2, -0.15) is 0 Å². The molecule has 3 heteroatoms. The Morgan fingerprint density at radius 1 is 1.47 bits per heavy atom. The minimum atomic E-state index is -0.735. The molecule has 0 spiro atoms. The third-order valence-corrected chi connectivity index (χ3v) is 3.08. The Kier molecular flexibility index (Phi) is 2.91. The van der Waals surface area contributed by atoms with Crippen LogP contribution in [0, 0.1) is 0 Å². The van der Waals surface area contributed by atoms with Gasteiger partial charge in [0, 0.05) is 10.9 Å². The molecule has 2 rings (SSSR count). The summed E-state index contributed by atoms with van der Waals surface area (Å²) in [6, 6.07) is 6.15. The van der Waals surface area contributed by atoms with Crippen LogP contribution in [0.3, 0.4) is 0 Å². The SMILES string of the molecule is O=C(O)CCC1=CCc2cc(Br)ccc21. The normalized spacial score (nSPS) is 13.5. The molecule has 78 valence electrons. The molecule has 0 saturated heterocycles. The number of carbonyl (C=O) groups is 1. The van der Waals surface area contributed by atoms with E-state index in [0.717, 1.165) is 10.9 Å². The molecule has 1 aliphatic carbocycles. The first-order valence-corrected chi connectivity index (χ1v) is 5.66. The molecule has 0 bridgehead atoms. The summed E-state index contributed by atoms with van der Waals surface area (Å²) in [7, 11) is 0. The van der Waals surface area contributed by atoms with Crippen molar-refractivity contribution in [2.24, 2.45) is 0 Å². The van der Waals surface area contributed by atoms with Crippen LogP contribution in [0.5, 0.6) is 0 Å². The van der Waals surface area contributed by atoms with Gasteiger partial charge in [0.1, 0.15) is 0 Å². The number of allylic oxidation sites excluding steroid dienone is 2. The molecule has 0 amide bonds. The molecule has 1 aliphatic rings. The van der Waals surface area contributed by atoms with Gasteiger partial charge in [-0.15, -0.1) is 0 Å². The Balaban J connectivity index is 2.16. The number of rotatable bonds is 3. The van der Waals surface area contributed by atoms with E-state index in [4.69, 9.17) is 5.11 Å². The molecule has 0 unspecified atom stereocenters. The fourth-order valence-corrected chi connectivity index (χ4v) is 2.27. The maximum atomic E-state index is 10.5. The van der Waals surface area contributed by atoms with Crippen molar-refractivity contribution in [1.82, 2.24) is 0 Å². The van der Waals surface area contributed by atoms with Gasteiger partial charge in [-0.3, -0.25) is 4.79 Å². The van der Waals surface area contributed by atoms with Crippen molar-refractivity contribution in [1.29, 1.82) is 0 Å². The monoisotopic (exact) mass is 266 g/mol. The highest BCUT2D eigenvalue weighted by Crippen LogP contribution is 2.32. The van der Waals surface area contributed by atoms with Crippen molar-refractivity contribution < 1.29 is 9.90 Å². The summed E-state index contributed by atoms with van der Waals surface area (Å²) in [5.41, 5.74) is 3.66. The van der Waals surface area contributed by atoms with Crippen LogP contribution in [-0.2, 0) is 11.2 Å². The summed E-state index contributed by atoms with van der Waals surface area (Å²) >= 11 is 3.43. The third-order valence-electron chi connectivity index (χ3n) is 2.59. The average molecular weight is 267 g/mol. The molecule has 1 aromatic rings. The summed E-state index contributed by atoms with van der Waals surface area (Å²) in [6.07, 6.45) is 3.88. The lowest BCUT2D eigenvalue weighted by atomic mass is 10.0. The number of hydrogen-bond acceptors (Lipinski definition) is 1. The lowest BCUT2D eigenvalue weighted by Gasteiger charge is -2.04. The highest BCUT2D eigenvalue weighted by Gasteiger charge is 2.14. The van der Waals surface area contributed by atoms with Gasteiger partial charge in [-0.05, 0) is 41.7 Å². The second-order valence-corrected chi connectivity index (χ2v) is 4.54. The van der Waals surface area contributed by atoms with Crippen molar-refractivity contribution in [2.45, 2.75) is 19.3 Å². The van der Waals surface area contributed by atoms with Crippen LogP contribution in [0.2, 0.25) is 0 Å². The zero-order valence-electron chi connectivity index (χ0n) is 8.16. The molecule has 0 fully saturated rings. The summed E-state index contributed by atoms with van der Waals surface area (Å²) in [5.74, 6) is -0.735. The highest BCUT2D eigenvalue weighted by atomic mass is 79.9. The van der Waals surface area contributed by atoms with Gasteiger partial charge in [0.15, 0.2) is 0 Å². The number of hydrogen-bond donors (Lipinski definition) is 1. The van der Waals surface area contributed by atoms with E-state index in [9.17, 15) is 4.79 Å². The van der Waals surface area contributed by atoms with E-state index in [1.165, 1.54) is 16.7 Å². The first-order valence-electron chi connectivity index (χ1n) is 4.86. The van der Waals surface area contributed by atoms with Crippen LogP contribution >= 0.6 is 15.9 Å². The van der Waals surface area contributed by atoms with Crippen molar-refractivity contribution in [3.63, 3.8) is 0 Å². The van der Waals surface area contributed by atoms with Crippen molar-refractivity contribution in [2.75, 3.05) is 0 Å². The van der Waals surface area contributed by atoms with Gasteiger partial charge in [-0.1, -0.05) is 28.1 Å². The van der Waals surface area contributed by atoms with E-state index in [0.29, 0.717) is 6.42 Å². The topological polar surface area (TPSA) is 37.3 Å². The van der Waals surface area contributed by atoms with Crippen molar-refractivity contribution in [3.05, 3.63) is 39.9 Å². The average Bonchev–Trinajstić information content (AvgIpc) is 2.57. The first-order chi connectivity index (χ1) is 7.16. The summed E-state index contributed by atoms with van der Waals surface area (Å²) in [6.45, 7) is 0. The highest BCUT2D eigenvalue weighted by molar-refractivity contribution is 9.10. The quantitative estimate of drug-likeness (QED) is 0.912. The van der Waals surface area contributed by atoms with E-state index in [1.54, 1.807) is 0 Å². The minimum Gasteiger partial charge on any atom is -0.481 e. The Morgan fingerprint density at radius 3 is 3.00 bits per heavy atom. The van der Waals surface area contributed by atoms with Crippen molar-refractivity contribution in [3.8, 4) is 0 Å². The minimum absolute atomic E-state index is 0.210. The van der Waals surface area contributed by atoms with Gasteiger partial charge in [0.2, 0.25) is 0 Å². The van der Waals surface area contributed by atoms with Crippen LogP contribution in [-0.4, -0.2) is 11.1 Å². The van der Waals surface area contributed by atoms with Gasteiger partial charge < -0.3 is 5.11 Å². The number of aliphatic carboxylic acids is 1. The summed E-state index contributed by atoms with van der Waals surface area (Å²) in [5, 5.41) is 8.63. The predicted octanol–water partition coefficient (Wildman–Crippen LogP) is 3.25. The van der Waals surface area contributed by atoms with Crippen molar-refractivity contribution >= 4 is 27.5 Å². The number of carboxylic acids is 1. The largest absolute Gasteiger partial charge is 0.481 e. The van der Waals surface area contributed by atoms with Gasteiger partial charge in [0.05, 0.1) is 0 Å². The van der Waals surface area contributed by atoms with E-state index >= 15 is 0 Å². The first kappa shape index (κ1) is 10.4. The van der Waals surface area contributed by atoms with Gasteiger partial charge in [0.25, 0.3) is 0 Å². The fourth-order valence-electron chi connectivity index (χ4n) is 1.87. The Labute approximate surface area is 96.7 Å². The third kappa shape index (κ3) is 2.29. The van der Waals surface area contributed by atoms with Crippen LogP contribution in [0.1, 0.15) is 24.0 Å².